The van der Waals surface area contributed by atoms with Crippen molar-refractivity contribution in [1.29, 1.82) is 0 Å². The molecular weight excluding hydrogens is 394 g/mol. The number of hydrogen-bond donors (Lipinski definition) is 1. The van der Waals surface area contributed by atoms with E-state index < -0.39 is 0 Å². The van der Waals surface area contributed by atoms with Gasteiger partial charge in [-0.15, -0.1) is 0 Å². The number of benzene rings is 2. The lowest BCUT2D eigenvalue weighted by Crippen LogP contribution is -2.06. The summed E-state index contributed by atoms with van der Waals surface area (Å²) in [5, 5.41) is 3.44. The maximum absolute atomic E-state index is 11.4. The van der Waals surface area contributed by atoms with Crippen molar-refractivity contribution < 1.29 is 4.79 Å². The Bertz CT molecular complexity index is 1070. The first-order valence-electron chi connectivity index (χ1n) is 11.3. The van der Waals surface area contributed by atoms with Crippen molar-refractivity contribution >= 4 is 17.3 Å². The van der Waals surface area contributed by atoms with Crippen molar-refractivity contribution in [3.05, 3.63) is 95.5 Å². The van der Waals surface area contributed by atoms with E-state index in [1.165, 1.54) is 22.8 Å². The third kappa shape index (κ3) is 6.88. The van der Waals surface area contributed by atoms with E-state index >= 15 is 0 Å². The molecule has 0 saturated heterocycles. The molecule has 166 valence electrons. The van der Waals surface area contributed by atoms with Gasteiger partial charge in [0.15, 0.2) is 5.78 Å². The summed E-state index contributed by atoms with van der Waals surface area (Å²) in [5.74, 6) is 2.10. The minimum absolute atomic E-state index is 0.115. The number of allylic oxidation sites excluding steroid dienone is 1. The number of carbonyl (C=O) groups excluding carboxylic acids is 1. The van der Waals surface area contributed by atoms with Gasteiger partial charge in [-0.3, -0.25) is 4.79 Å². The molecule has 0 amide bonds. The normalized spacial score (nSPS) is 11.7. The molecule has 0 bridgehead atoms. The summed E-state index contributed by atoms with van der Waals surface area (Å²) in [6.45, 7) is 9.84. The van der Waals surface area contributed by atoms with Crippen molar-refractivity contribution in [2.45, 2.75) is 58.8 Å². The molecule has 0 aliphatic heterocycles. The number of anilines is 2. The van der Waals surface area contributed by atoms with Gasteiger partial charge in [0, 0.05) is 29.8 Å². The summed E-state index contributed by atoms with van der Waals surface area (Å²) in [6, 6.07) is 17.0. The van der Waals surface area contributed by atoms with E-state index in [-0.39, 0.29) is 11.7 Å². The van der Waals surface area contributed by atoms with Gasteiger partial charge in [0.2, 0.25) is 0 Å². The first kappa shape index (κ1) is 23.4. The third-order valence-electron chi connectivity index (χ3n) is 5.69. The van der Waals surface area contributed by atoms with Gasteiger partial charge < -0.3 is 5.32 Å². The molecule has 2 aromatic carbocycles. The van der Waals surface area contributed by atoms with Crippen molar-refractivity contribution in [3.63, 3.8) is 0 Å². The Hall–Kier alpha value is -3.27. The monoisotopic (exact) mass is 427 g/mol. The minimum atomic E-state index is 0.115. The van der Waals surface area contributed by atoms with Gasteiger partial charge in [0.1, 0.15) is 11.6 Å². The van der Waals surface area contributed by atoms with Gasteiger partial charge in [-0.25, -0.2) is 9.97 Å². The Morgan fingerprint density at radius 3 is 2.59 bits per heavy atom. The molecule has 1 unspecified atom stereocenters. The highest BCUT2D eigenvalue weighted by Gasteiger charge is 2.12. The number of ketones is 1. The summed E-state index contributed by atoms with van der Waals surface area (Å²) in [6.07, 6.45) is 7.60. The van der Waals surface area contributed by atoms with E-state index in [1.54, 1.807) is 0 Å². The van der Waals surface area contributed by atoms with Crippen molar-refractivity contribution in [2.75, 3.05) is 5.32 Å². The zero-order valence-corrected chi connectivity index (χ0v) is 19.4. The first-order chi connectivity index (χ1) is 15.4. The molecule has 4 heteroatoms. The largest absolute Gasteiger partial charge is 0.340 e. The lowest BCUT2D eigenvalue weighted by molar-refractivity contribution is -0.114. The Morgan fingerprint density at radius 1 is 1.09 bits per heavy atom. The highest BCUT2D eigenvalue weighted by Crippen LogP contribution is 2.24. The van der Waals surface area contributed by atoms with E-state index in [4.69, 9.17) is 4.98 Å². The van der Waals surface area contributed by atoms with E-state index in [0.717, 1.165) is 48.6 Å². The zero-order chi connectivity index (χ0) is 22.9. The Morgan fingerprint density at radius 2 is 1.84 bits per heavy atom. The topological polar surface area (TPSA) is 54.9 Å². The first-order valence-corrected chi connectivity index (χ1v) is 11.3. The average molecular weight is 428 g/mol. The predicted molar refractivity (Wildman–Crippen MR) is 133 cm³/mol. The highest BCUT2D eigenvalue weighted by molar-refractivity contribution is 5.88. The van der Waals surface area contributed by atoms with Crippen LogP contribution in [-0.4, -0.2) is 15.8 Å². The number of nitrogens with one attached hydrogen (secondary N) is 1. The fourth-order valence-corrected chi connectivity index (χ4v) is 3.70. The Balaban J connectivity index is 1.60. The second kappa shape index (κ2) is 11.4. The maximum atomic E-state index is 11.4. The molecule has 3 rings (SSSR count). The standard InChI is InChI=1S/C28H33N3O/c1-5-26(32)14-8-12-23-10-7-11-24(18-23)16-15-21(3)27-29-19-22(4)28(31-27)30-25-13-6-9-20(2)17-25/h5-7,9-11,13,17-19,21H,1,8,12,14-16H2,2-4H3,(H,29,30,31). The van der Waals surface area contributed by atoms with E-state index in [0.29, 0.717) is 6.42 Å². The van der Waals surface area contributed by atoms with Crippen LogP contribution in [0.5, 0.6) is 0 Å². The zero-order valence-electron chi connectivity index (χ0n) is 19.4. The molecule has 1 aromatic heterocycles. The van der Waals surface area contributed by atoms with Gasteiger partial charge in [0.05, 0.1) is 0 Å². The molecule has 32 heavy (non-hydrogen) atoms. The van der Waals surface area contributed by atoms with Crippen LogP contribution in [0.25, 0.3) is 0 Å². The van der Waals surface area contributed by atoms with Gasteiger partial charge in [-0.1, -0.05) is 49.9 Å². The molecule has 0 spiro atoms. The minimum Gasteiger partial charge on any atom is -0.340 e. The molecule has 1 N–H and O–H groups in total. The van der Waals surface area contributed by atoms with Crippen LogP contribution in [0, 0.1) is 13.8 Å². The summed E-state index contributed by atoms with van der Waals surface area (Å²) >= 11 is 0. The van der Waals surface area contributed by atoms with Crippen LogP contribution in [0.1, 0.15) is 60.2 Å². The fourth-order valence-electron chi connectivity index (χ4n) is 3.70. The highest BCUT2D eigenvalue weighted by atomic mass is 16.1. The molecule has 1 atom stereocenters. The molecule has 0 fully saturated rings. The van der Waals surface area contributed by atoms with Crippen LogP contribution in [-0.2, 0) is 17.6 Å². The molecular formula is C28H33N3O. The van der Waals surface area contributed by atoms with Crippen LogP contribution in [0.3, 0.4) is 0 Å². The van der Waals surface area contributed by atoms with Gasteiger partial charge in [-0.2, -0.15) is 0 Å². The Labute approximate surface area is 191 Å². The van der Waals surface area contributed by atoms with E-state index in [9.17, 15) is 4.79 Å². The van der Waals surface area contributed by atoms with Crippen LogP contribution < -0.4 is 5.32 Å². The van der Waals surface area contributed by atoms with Crippen molar-refractivity contribution in [1.82, 2.24) is 9.97 Å². The third-order valence-corrected chi connectivity index (χ3v) is 5.69. The number of hydrogen-bond acceptors (Lipinski definition) is 4. The van der Waals surface area contributed by atoms with Crippen molar-refractivity contribution in [3.8, 4) is 0 Å². The van der Waals surface area contributed by atoms with Crippen LogP contribution in [0.2, 0.25) is 0 Å². The maximum Gasteiger partial charge on any atom is 0.155 e. The molecule has 0 saturated carbocycles. The SMILES string of the molecule is C=CC(=O)CCCc1cccc(CCC(C)c2ncc(C)c(Nc3cccc(C)c3)n2)c1. The molecule has 1 heterocycles. The molecule has 0 aliphatic rings. The van der Waals surface area contributed by atoms with Crippen LogP contribution in [0.15, 0.2) is 67.4 Å². The molecule has 0 aliphatic carbocycles. The lowest BCUT2D eigenvalue weighted by atomic mass is 9.97. The summed E-state index contributed by atoms with van der Waals surface area (Å²) in [4.78, 5) is 20.8. The summed E-state index contributed by atoms with van der Waals surface area (Å²) in [7, 11) is 0. The second-order valence-corrected chi connectivity index (χ2v) is 8.54. The van der Waals surface area contributed by atoms with Crippen LogP contribution >= 0.6 is 0 Å². The molecule has 0 radical (unpaired) electrons. The quantitative estimate of drug-likeness (QED) is 0.348. The number of rotatable bonds is 11. The number of aryl methyl sites for hydroxylation is 4. The number of nitrogens with zero attached hydrogens (tertiary/aromatic N) is 2. The second-order valence-electron chi connectivity index (χ2n) is 8.54. The molecule has 3 aromatic rings. The van der Waals surface area contributed by atoms with E-state index in [1.807, 2.05) is 19.2 Å². The summed E-state index contributed by atoms with van der Waals surface area (Å²) in [5.41, 5.74) is 5.88. The molecule has 4 nitrogen and oxygen atoms in total. The number of aromatic nitrogens is 2. The van der Waals surface area contributed by atoms with Gasteiger partial charge in [-0.05, 0) is 74.4 Å². The smallest absolute Gasteiger partial charge is 0.155 e. The lowest BCUT2D eigenvalue weighted by Gasteiger charge is -2.14. The van der Waals surface area contributed by atoms with Gasteiger partial charge >= 0.3 is 0 Å². The van der Waals surface area contributed by atoms with Crippen LogP contribution in [0.4, 0.5) is 11.5 Å². The predicted octanol–water partition coefficient (Wildman–Crippen LogP) is 6.65. The van der Waals surface area contributed by atoms with E-state index in [2.05, 4.69) is 73.2 Å². The summed E-state index contributed by atoms with van der Waals surface area (Å²) < 4.78 is 0. The average Bonchev–Trinajstić information content (AvgIpc) is 2.79. The van der Waals surface area contributed by atoms with Gasteiger partial charge in [0.25, 0.3) is 0 Å². The fraction of sp³-hybridized carbons (Fsp3) is 0.321. The van der Waals surface area contributed by atoms with Crippen molar-refractivity contribution in [2.24, 2.45) is 0 Å². The number of carbonyl (C=O) groups is 1. The Kier molecular flexibility index (Phi) is 8.32.